The molecule has 0 radical (unpaired) electrons. The summed E-state index contributed by atoms with van der Waals surface area (Å²) >= 11 is 0. The van der Waals surface area contributed by atoms with Crippen molar-refractivity contribution in [3.63, 3.8) is 0 Å². The second-order valence-corrected chi connectivity index (χ2v) is 18.5. The van der Waals surface area contributed by atoms with Crippen LogP contribution in [0.4, 0.5) is 0 Å². The summed E-state index contributed by atoms with van der Waals surface area (Å²) in [6, 6.07) is 0. The summed E-state index contributed by atoms with van der Waals surface area (Å²) in [5, 5.41) is 0. The van der Waals surface area contributed by atoms with Crippen molar-refractivity contribution in [1.82, 2.24) is 9.44 Å². The van der Waals surface area contributed by atoms with Crippen molar-refractivity contribution in [3.05, 3.63) is 0 Å². The zero-order valence-corrected chi connectivity index (χ0v) is 30.7. The summed E-state index contributed by atoms with van der Waals surface area (Å²) in [6.07, 6.45) is 35.6. The Kier molecular flexibility index (Phi) is 37.5. The van der Waals surface area contributed by atoms with Gasteiger partial charge in [-0.25, -0.2) is 0 Å². The second kappa shape index (κ2) is 36.9. The van der Waals surface area contributed by atoms with Crippen molar-refractivity contribution in [2.24, 2.45) is 0 Å². The number of hydrogen-bond donors (Lipinski definition) is 2. The fourth-order valence-corrected chi connectivity index (χ4v) is 11.7. The first-order valence-corrected chi connectivity index (χ1v) is 23.3. The monoisotopic (exact) mass is 668 g/mol. The van der Waals surface area contributed by atoms with Crippen molar-refractivity contribution in [1.29, 1.82) is 0 Å². The van der Waals surface area contributed by atoms with Crippen LogP contribution in [0, 0.1) is 0 Å². The lowest BCUT2D eigenvalue weighted by Crippen LogP contribution is -2.13. The van der Waals surface area contributed by atoms with E-state index in [0.29, 0.717) is 12.8 Å². The van der Waals surface area contributed by atoms with Gasteiger partial charge in [0.15, 0.2) is 0 Å². The third-order valence-corrected chi connectivity index (χ3v) is 14.8. The van der Waals surface area contributed by atoms with Crippen LogP contribution in [0.5, 0.6) is 0 Å². The van der Waals surface area contributed by atoms with E-state index in [2.05, 4.69) is 23.3 Å². The van der Waals surface area contributed by atoms with E-state index in [1.165, 1.54) is 183 Å². The Labute approximate surface area is 274 Å². The van der Waals surface area contributed by atoms with Crippen LogP contribution in [0.25, 0.3) is 0 Å². The Hall–Kier alpha value is 0.690. The normalized spacial score (nSPS) is 11.2. The quantitative estimate of drug-likeness (QED) is 0.0402. The molecule has 0 bridgehead atoms. The number of carbonyl (C=O) groups is 2. The Morgan fingerprint density at radius 1 is 0.366 bits per heavy atom. The highest BCUT2D eigenvalue weighted by atomic mass is 33.8. The number of amides is 2. The lowest BCUT2D eigenvalue weighted by Gasteiger charge is -2.05. The van der Waals surface area contributed by atoms with Crippen LogP contribution in [0.2, 0.25) is 0 Å². The molecule has 0 fully saturated rings. The average molecular weight is 669 g/mol. The van der Waals surface area contributed by atoms with Gasteiger partial charge in [0.1, 0.15) is 0 Å². The fraction of sp³-hybridized carbons (Fsp3) is 0.938. The molecule has 0 aliphatic carbocycles. The molecular weight excluding hydrogens is 605 g/mol. The molecule has 0 saturated carbocycles. The highest BCUT2D eigenvalue weighted by molar-refractivity contribution is 9.35. The van der Waals surface area contributed by atoms with Crippen molar-refractivity contribution < 1.29 is 9.59 Å². The average Bonchev–Trinajstić information content (AvgIpc) is 2.97. The third-order valence-electron chi connectivity index (χ3n) is 7.45. The molecule has 0 aromatic carbocycles. The van der Waals surface area contributed by atoms with Crippen molar-refractivity contribution in [2.45, 2.75) is 194 Å². The summed E-state index contributed by atoms with van der Waals surface area (Å²) in [7, 11) is 7.35. The first-order chi connectivity index (χ1) is 20.2. The van der Waals surface area contributed by atoms with E-state index in [0.717, 1.165) is 25.7 Å². The molecular formula is C32H64N2O2S5. The molecule has 244 valence electrons. The number of nitrogens with one attached hydrogen (secondary N) is 2. The van der Waals surface area contributed by atoms with Gasteiger partial charge in [0.2, 0.25) is 11.8 Å². The van der Waals surface area contributed by atoms with Gasteiger partial charge in [-0.05, 0) is 12.8 Å². The van der Waals surface area contributed by atoms with Gasteiger partial charge >= 0.3 is 0 Å². The zero-order chi connectivity index (χ0) is 29.9. The van der Waals surface area contributed by atoms with Gasteiger partial charge in [-0.2, -0.15) is 0 Å². The molecule has 0 heterocycles. The summed E-state index contributed by atoms with van der Waals surface area (Å²) in [5.41, 5.74) is 0. The first-order valence-electron chi connectivity index (χ1n) is 17.1. The Bertz CT molecular complexity index is 512. The topological polar surface area (TPSA) is 58.2 Å². The predicted molar refractivity (Wildman–Crippen MR) is 195 cm³/mol. The smallest absolute Gasteiger partial charge is 0.230 e. The third kappa shape index (κ3) is 36.8. The maximum Gasteiger partial charge on any atom is 0.230 e. The molecule has 0 saturated heterocycles. The van der Waals surface area contributed by atoms with E-state index in [9.17, 15) is 9.59 Å². The molecule has 0 unspecified atom stereocenters. The summed E-state index contributed by atoms with van der Waals surface area (Å²) in [5.74, 6) is 0.241. The van der Waals surface area contributed by atoms with Crippen LogP contribution in [0.15, 0.2) is 0 Å². The highest BCUT2D eigenvalue weighted by Gasteiger charge is 2.04. The van der Waals surface area contributed by atoms with Gasteiger partial charge < -0.3 is 0 Å². The minimum atomic E-state index is 0.120. The van der Waals surface area contributed by atoms with E-state index >= 15 is 0 Å². The molecule has 0 spiro atoms. The molecule has 0 aromatic heterocycles. The van der Waals surface area contributed by atoms with Gasteiger partial charge in [-0.15, -0.1) is 0 Å². The Balaban J connectivity index is 3.25. The van der Waals surface area contributed by atoms with E-state index in [1.807, 2.05) is 0 Å². The fourth-order valence-electron chi connectivity index (χ4n) is 4.87. The van der Waals surface area contributed by atoms with Gasteiger partial charge in [0.05, 0.1) is 0 Å². The van der Waals surface area contributed by atoms with Crippen molar-refractivity contribution in [2.75, 3.05) is 0 Å². The van der Waals surface area contributed by atoms with E-state index < -0.39 is 0 Å². The van der Waals surface area contributed by atoms with E-state index in [-0.39, 0.29) is 11.8 Å². The lowest BCUT2D eigenvalue weighted by atomic mass is 10.0. The van der Waals surface area contributed by atoms with Gasteiger partial charge in [-0.1, -0.05) is 168 Å². The molecule has 4 nitrogen and oxygen atoms in total. The van der Waals surface area contributed by atoms with Crippen LogP contribution in [-0.4, -0.2) is 11.8 Å². The number of rotatable bonds is 34. The lowest BCUT2D eigenvalue weighted by molar-refractivity contribution is -0.120. The minimum absolute atomic E-state index is 0.120. The first kappa shape index (κ1) is 41.7. The Morgan fingerprint density at radius 3 is 0.878 bits per heavy atom. The minimum Gasteiger partial charge on any atom is -0.290 e. The molecule has 2 N–H and O–H groups in total. The van der Waals surface area contributed by atoms with Gasteiger partial charge in [0.25, 0.3) is 0 Å². The maximum absolute atomic E-state index is 12.0. The number of hydrogen-bond acceptors (Lipinski definition) is 7. The van der Waals surface area contributed by atoms with Crippen molar-refractivity contribution >= 4 is 63.3 Å². The van der Waals surface area contributed by atoms with Crippen LogP contribution in [0.1, 0.15) is 194 Å². The number of unbranched alkanes of at least 4 members (excludes halogenated alkanes) is 24. The van der Waals surface area contributed by atoms with E-state index in [4.69, 9.17) is 0 Å². The van der Waals surface area contributed by atoms with E-state index in [1.54, 1.807) is 9.83 Å². The van der Waals surface area contributed by atoms with Crippen molar-refractivity contribution in [3.8, 4) is 0 Å². The SMILES string of the molecule is CCCCCCCCCCCCCCCC(=O)NSSSSSNC(=O)CCCCCCCCCCCCCCC. The zero-order valence-electron chi connectivity index (χ0n) is 26.7. The molecule has 0 rings (SSSR count). The van der Waals surface area contributed by atoms with Crippen LogP contribution in [0.3, 0.4) is 0 Å². The second-order valence-electron chi connectivity index (χ2n) is 11.4. The highest BCUT2D eigenvalue weighted by Crippen LogP contribution is 2.46. The standard InChI is InChI=1S/C32H64N2O2S5/c1-3-5-7-9-11-13-15-17-19-21-23-25-27-29-31(35)33-37-39-41-40-38-34-32(36)30-28-26-24-22-20-18-16-14-12-10-8-6-4-2/h3-30H2,1-2H3,(H,33,35)(H,34,36). The largest absolute Gasteiger partial charge is 0.290 e. The van der Waals surface area contributed by atoms with Crippen LogP contribution in [-0.2, 0) is 9.59 Å². The molecule has 9 heteroatoms. The van der Waals surface area contributed by atoms with Gasteiger partial charge in [-0.3, -0.25) is 19.0 Å². The number of carbonyl (C=O) groups excluding carboxylic acids is 2. The molecule has 0 aliphatic heterocycles. The summed E-state index contributed by atoms with van der Waals surface area (Å²) in [4.78, 5) is 23.9. The molecule has 0 aromatic rings. The van der Waals surface area contributed by atoms with Crippen LogP contribution >= 0.6 is 51.4 Å². The molecule has 2 amide bonds. The summed E-state index contributed by atoms with van der Waals surface area (Å²) < 4.78 is 5.81. The summed E-state index contributed by atoms with van der Waals surface area (Å²) in [6.45, 7) is 4.55. The predicted octanol–water partition coefficient (Wildman–Crippen LogP) is 13.3. The van der Waals surface area contributed by atoms with Crippen LogP contribution < -0.4 is 9.44 Å². The molecule has 41 heavy (non-hydrogen) atoms. The Morgan fingerprint density at radius 2 is 0.610 bits per heavy atom. The molecule has 0 atom stereocenters. The van der Waals surface area contributed by atoms with Gasteiger partial charge in [0, 0.05) is 64.3 Å². The maximum atomic E-state index is 12.0. The molecule has 0 aliphatic rings.